The summed E-state index contributed by atoms with van der Waals surface area (Å²) < 4.78 is 0. The molecule has 1 atom stereocenters. The Balaban J connectivity index is 2.12. The van der Waals surface area contributed by atoms with E-state index in [4.69, 9.17) is 17.3 Å². The average Bonchev–Trinajstić information content (AvgIpc) is 2.65. The summed E-state index contributed by atoms with van der Waals surface area (Å²) in [4.78, 5) is 18.1. The van der Waals surface area contributed by atoms with Gasteiger partial charge >= 0.3 is 0 Å². The van der Waals surface area contributed by atoms with Gasteiger partial charge < -0.3 is 10.6 Å². The number of aromatic nitrogens is 1. The number of hydrogen-bond acceptors (Lipinski definition) is 3. The Labute approximate surface area is 118 Å². The zero-order chi connectivity index (χ0) is 14.2. The highest BCUT2D eigenvalue weighted by atomic mass is 35.5. The van der Waals surface area contributed by atoms with Crippen LogP contribution >= 0.6 is 11.6 Å². The second-order valence-corrected chi connectivity index (χ2v) is 6.61. The fourth-order valence-corrected chi connectivity index (χ4v) is 2.46. The van der Waals surface area contributed by atoms with Crippen LogP contribution in [0.1, 0.15) is 32.9 Å². The number of rotatable bonds is 2. The van der Waals surface area contributed by atoms with Crippen LogP contribution in [0.4, 0.5) is 5.82 Å². The van der Waals surface area contributed by atoms with Crippen molar-refractivity contribution in [2.45, 2.75) is 33.7 Å². The molecule has 1 aliphatic heterocycles. The van der Waals surface area contributed by atoms with Gasteiger partial charge in [0.2, 0.25) is 5.91 Å². The van der Waals surface area contributed by atoms with Gasteiger partial charge in [-0.15, -0.1) is 0 Å². The second-order valence-electron chi connectivity index (χ2n) is 6.21. The van der Waals surface area contributed by atoms with E-state index in [-0.39, 0.29) is 11.3 Å². The first-order chi connectivity index (χ1) is 8.77. The molecule has 2 N–H and O–H groups in total. The molecular weight excluding hydrogens is 262 g/mol. The van der Waals surface area contributed by atoms with E-state index in [0.29, 0.717) is 35.4 Å². The maximum absolute atomic E-state index is 12.1. The first-order valence-corrected chi connectivity index (χ1v) is 6.84. The Bertz CT molecular complexity index is 496. The minimum atomic E-state index is 0.136. The van der Waals surface area contributed by atoms with E-state index >= 15 is 0 Å². The van der Waals surface area contributed by atoms with Crippen LogP contribution in [0.25, 0.3) is 0 Å². The second kappa shape index (κ2) is 5.00. The smallest absolute Gasteiger partial charge is 0.223 e. The van der Waals surface area contributed by atoms with Crippen molar-refractivity contribution in [1.82, 2.24) is 9.88 Å². The van der Waals surface area contributed by atoms with Crippen LogP contribution in [-0.2, 0) is 11.3 Å². The van der Waals surface area contributed by atoms with Crippen LogP contribution in [-0.4, -0.2) is 22.3 Å². The Morgan fingerprint density at radius 3 is 2.74 bits per heavy atom. The molecule has 1 fully saturated rings. The molecule has 104 valence electrons. The van der Waals surface area contributed by atoms with E-state index in [0.717, 1.165) is 6.54 Å². The topological polar surface area (TPSA) is 59.2 Å². The molecule has 1 aromatic rings. The van der Waals surface area contributed by atoms with Gasteiger partial charge in [-0.05, 0) is 23.5 Å². The number of pyridine rings is 1. The van der Waals surface area contributed by atoms with Gasteiger partial charge in [0.15, 0.2) is 0 Å². The number of nitrogen functional groups attached to an aromatic ring is 1. The Morgan fingerprint density at radius 2 is 2.16 bits per heavy atom. The molecular formula is C14H20ClN3O. The van der Waals surface area contributed by atoms with E-state index in [1.54, 1.807) is 12.1 Å². The molecule has 1 amide bonds. The van der Waals surface area contributed by atoms with Crippen molar-refractivity contribution < 1.29 is 4.79 Å². The summed E-state index contributed by atoms with van der Waals surface area (Å²) in [6.07, 6.45) is 0.601. The van der Waals surface area contributed by atoms with Gasteiger partial charge in [0.1, 0.15) is 5.82 Å². The fourth-order valence-electron chi connectivity index (χ4n) is 2.30. The molecule has 0 aromatic carbocycles. The summed E-state index contributed by atoms with van der Waals surface area (Å²) in [5.74, 6) is 0.971. The first kappa shape index (κ1) is 14.1. The maximum Gasteiger partial charge on any atom is 0.223 e. The zero-order valence-electron chi connectivity index (χ0n) is 11.6. The fraction of sp³-hybridized carbons (Fsp3) is 0.571. The number of likely N-dealkylation sites (tertiary alicyclic amines) is 1. The number of carbonyl (C=O) groups is 1. The Morgan fingerprint density at radius 1 is 1.47 bits per heavy atom. The summed E-state index contributed by atoms with van der Waals surface area (Å²) >= 11 is 6.09. The monoisotopic (exact) mass is 281 g/mol. The molecule has 0 radical (unpaired) electrons. The number of amides is 1. The Kier molecular flexibility index (Phi) is 3.72. The summed E-state index contributed by atoms with van der Waals surface area (Å²) in [6.45, 7) is 7.70. The van der Waals surface area contributed by atoms with Crippen molar-refractivity contribution in [1.29, 1.82) is 0 Å². The van der Waals surface area contributed by atoms with Crippen LogP contribution < -0.4 is 5.73 Å². The third kappa shape index (κ3) is 3.18. The van der Waals surface area contributed by atoms with Gasteiger partial charge in [-0.2, -0.15) is 0 Å². The highest BCUT2D eigenvalue weighted by Gasteiger charge is 2.36. The molecule has 2 rings (SSSR count). The summed E-state index contributed by atoms with van der Waals surface area (Å²) in [7, 11) is 0. The van der Waals surface area contributed by atoms with E-state index in [1.165, 1.54) is 0 Å². The lowest BCUT2D eigenvalue weighted by molar-refractivity contribution is -0.128. The van der Waals surface area contributed by atoms with Gasteiger partial charge in [-0.1, -0.05) is 32.4 Å². The molecule has 0 bridgehead atoms. The van der Waals surface area contributed by atoms with Gasteiger partial charge in [0, 0.05) is 13.0 Å². The number of nitrogens with two attached hydrogens (primary N) is 1. The minimum absolute atomic E-state index is 0.136. The number of anilines is 1. The van der Waals surface area contributed by atoms with Crippen LogP contribution in [0.3, 0.4) is 0 Å². The van der Waals surface area contributed by atoms with Gasteiger partial charge in [0.25, 0.3) is 0 Å². The van der Waals surface area contributed by atoms with Crippen molar-refractivity contribution in [3.05, 3.63) is 22.8 Å². The van der Waals surface area contributed by atoms with Gasteiger partial charge in [0.05, 0.1) is 17.3 Å². The van der Waals surface area contributed by atoms with Crippen molar-refractivity contribution in [2.24, 2.45) is 11.3 Å². The summed E-state index contributed by atoms with van der Waals surface area (Å²) in [6, 6.07) is 3.39. The predicted octanol–water partition coefficient (Wildman–Crippen LogP) is 2.71. The normalized spacial score (nSPS) is 20.1. The molecule has 1 aromatic heterocycles. The highest BCUT2D eigenvalue weighted by Crippen LogP contribution is 2.35. The molecule has 2 heterocycles. The molecule has 19 heavy (non-hydrogen) atoms. The average molecular weight is 282 g/mol. The third-order valence-corrected chi connectivity index (χ3v) is 4.06. The maximum atomic E-state index is 12.1. The Hall–Kier alpha value is -1.29. The summed E-state index contributed by atoms with van der Waals surface area (Å²) in [5, 5.41) is 0.557. The lowest BCUT2D eigenvalue weighted by Gasteiger charge is -2.26. The van der Waals surface area contributed by atoms with E-state index < -0.39 is 0 Å². The standard InChI is InChI=1S/C14H20ClN3O/c1-14(2,3)9-6-13(19)18(7-9)8-11-10(15)4-5-12(16)17-11/h4-5,9H,6-8H2,1-3H3,(H2,16,17). The predicted molar refractivity (Wildman–Crippen MR) is 76.6 cm³/mol. The van der Waals surface area contributed by atoms with Crippen LogP contribution in [0.2, 0.25) is 5.02 Å². The minimum Gasteiger partial charge on any atom is -0.384 e. The molecule has 4 nitrogen and oxygen atoms in total. The van der Waals surface area contributed by atoms with Crippen molar-refractivity contribution in [3.8, 4) is 0 Å². The van der Waals surface area contributed by atoms with E-state index in [2.05, 4.69) is 25.8 Å². The van der Waals surface area contributed by atoms with Gasteiger partial charge in [-0.25, -0.2) is 4.98 Å². The van der Waals surface area contributed by atoms with Crippen molar-refractivity contribution in [2.75, 3.05) is 12.3 Å². The molecule has 0 spiro atoms. The van der Waals surface area contributed by atoms with Crippen molar-refractivity contribution in [3.63, 3.8) is 0 Å². The van der Waals surface area contributed by atoms with Crippen molar-refractivity contribution >= 4 is 23.3 Å². The molecule has 5 heteroatoms. The van der Waals surface area contributed by atoms with Gasteiger partial charge in [-0.3, -0.25) is 4.79 Å². The largest absolute Gasteiger partial charge is 0.384 e. The molecule has 0 aliphatic carbocycles. The quantitative estimate of drug-likeness (QED) is 0.907. The molecule has 0 saturated carbocycles. The van der Waals surface area contributed by atoms with Crippen LogP contribution in [0.15, 0.2) is 12.1 Å². The third-order valence-electron chi connectivity index (χ3n) is 3.72. The number of nitrogens with zero attached hydrogens (tertiary/aromatic N) is 2. The molecule has 1 saturated heterocycles. The number of halogens is 1. The summed E-state index contributed by atoms with van der Waals surface area (Å²) in [5.41, 5.74) is 6.47. The number of carbonyl (C=O) groups excluding carboxylic acids is 1. The number of hydrogen-bond donors (Lipinski definition) is 1. The zero-order valence-corrected chi connectivity index (χ0v) is 12.4. The molecule has 1 unspecified atom stereocenters. The highest BCUT2D eigenvalue weighted by molar-refractivity contribution is 6.31. The SMILES string of the molecule is CC(C)(C)C1CC(=O)N(Cc2nc(N)ccc2Cl)C1. The first-order valence-electron chi connectivity index (χ1n) is 6.46. The lowest BCUT2D eigenvalue weighted by atomic mass is 9.80. The van der Waals surface area contributed by atoms with E-state index in [1.807, 2.05) is 4.90 Å². The van der Waals surface area contributed by atoms with E-state index in [9.17, 15) is 4.79 Å². The van der Waals surface area contributed by atoms with Crippen LogP contribution in [0, 0.1) is 11.3 Å². The van der Waals surface area contributed by atoms with Crippen LogP contribution in [0.5, 0.6) is 0 Å². The lowest BCUT2D eigenvalue weighted by Crippen LogP contribution is -2.27. The molecule has 1 aliphatic rings.